The summed E-state index contributed by atoms with van der Waals surface area (Å²) in [5.41, 5.74) is 4.10. The third-order valence-corrected chi connectivity index (χ3v) is 6.67. The van der Waals surface area contributed by atoms with Crippen molar-refractivity contribution in [3.63, 3.8) is 0 Å². The first-order valence-electron chi connectivity index (χ1n) is 12.2. The molecule has 1 unspecified atom stereocenters. The molecule has 0 saturated carbocycles. The average molecular weight is 500 g/mol. The van der Waals surface area contributed by atoms with Gasteiger partial charge in [-0.3, -0.25) is 9.59 Å². The topological polar surface area (TPSA) is 78.2 Å². The second-order valence-electron chi connectivity index (χ2n) is 9.21. The summed E-state index contributed by atoms with van der Waals surface area (Å²) in [6.07, 6.45) is 0. The fourth-order valence-electron chi connectivity index (χ4n) is 4.95. The lowest BCUT2D eigenvalue weighted by atomic mass is 9.97. The molecule has 3 aromatic carbocycles. The maximum atomic E-state index is 13.8. The molecule has 0 aliphatic carbocycles. The van der Waals surface area contributed by atoms with Crippen molar-refractivity contribution in [3.05, 3.63) is 104 Å². The van der Waals surface area contributed by atoms with Crippen LogP contribution >= 0.6 is 0 Å². The maximum absolute atomic E-state index is 13.8. The van der Waals surface area contributed by atoms with Gasteiger partial charge in [-0.1, -0.05) is 42.5 Å². The summed E-state index contributed by atoms with van der Waals surface area (Å²) in [5.74, 6) is 0.825. The minimum Gasteiger partial charge on any atom is -0.493 e. The average Bonchev–Trinajstić information content (AvgIpc) is 3.19. The van der Waals surface area contributed by atoms with E-state index in [1.165, 1.54) is 0 Å². The summed E-state index contributed by atoms with van der Waals surface area (Å²) >= 11 is 0. The van der Waals surface area contributed by atoms with Gasteiger partial charge < -0.3 is 23.5 Å². The van der Waals surface area contributed by atoms with Gasteiger partial charge in [0.15, 0.2) is 16.9 Å². The Morgan fingerprint density at radius 1 is 0.946 bits per heavy atom. The largest absolute Gasteiger partial charge is 0.493 e. The third-order valence-electron chi connectivity index (χ3n) is 6.67. The number of carbonyl (C=O) groups is 1. The Morgan fingerprint density at radius 2 is 1.73 bits per heavy atom. The molecule has 1 aromatic heterocycles. The number of carbonyl (C=O) groups excluding carboxylic acids is 1. The van der Waals surface area contributed by atoms with Crippen LogP contribution in [0.1, 0.15) is 44.4 Å². The number of rotatable bonds is 8. The highest BCUT2D eigenvalue weighted by molar-refractivity contribution is 5.99. The number of hydrogen-bond acceptors (Lipinski definition) is 6. The molecule has 0 N–H and O–H groups in total. The van der Waals surface area contributed by atoms with Crippen LogP contribution in [0.25, 0.3) is 11.0 Å². The monoisotopic (exact) mass is 499 g/mol. The van der Waals surface area contributed by atoms with Crippen molar-refractivity contribution in [2.75, 3.05) is 27.4 Å². The van der Waals surface area contributed by atoms with Crippen LogP contribution in [0.4, 0.5) is 0 Å². The highest BCUT2D eigenvalue weighted by Gasteiger charge is 2.43. The summed E-state index contributed by atoms with van der Waals surface area (Å²) in [4.78, 5) is 29.0. The molecule has 1 aliphatic rings. The van der Waals surface area contributed by atoms with Crippen molar-refractivity contribution >= 4 is 16.9 Å². The molecule has 1 amide bonds. The van der Waals surface area contributed by atoms with Crippen molar-refractivity contribution in [2.24, 2.45) is 0 Å². The number of aryl methyl sites for hydroxylation is 2. The summed E-state index contributed by atoms with van der Waals surface area (Å²) in [6, 6.07) is 18.5. The van der Waals surface area contributed by atoms with Crippen molar-refractivity contribution in [1.82, 2.24) is 4.90 Å². The standard InChI is InChI=1S/C30H29NO6/c1-18-14-19(2)28-22(15-18)27(32)25-26(31(12-13-34-3)30(33)29(25)37-28)21-10-11-23(24(16-21)35-4)36-17-20-8-6-5-7-9-20/h5-11,14-16,26H,12-13,17H2,1-4H3. The zero-order valence-corrected chi connectivity index (χ0v) is 21.4. The van der Waals surface area contributed by atoms with Gasteiger partial charge in [-0.05, 0) is 54.3 Å². The molecule has 5 rings (SSSR count). The van der Waals surface area contributed by atoms with Crippen LogP contribution < -0.4 is 14.9 Å². The van der Waals surface area contributed by atoms with Gasteiger partial charge in [0.2, 0.25) is 5.76 Å². The van der Waals surface area contributed by atoms with Crippen molar-refractivity contribution in [2.45, 2.75) is 26.5 Å². The van der Waals surface area contributed by atoms with Crippen molar-refractivity contribution < 1.29 is 23.4 Å². The van der Waals surface area contributed by atoms with E-state index < -0.39 is 6.04 Å². The van der Waals surface area contributed by atoms with Gasteiger partial charge in [0, 0.05) is 13.7 Å². The Hall–Kier alpha value is -4.10. The van der Waals surface area contributed by atoms with Gasteiger partial charge in [-0.2, -0.15) is 0 Å². The Bertz CT molecular complexity index is 1530. The van der Waals surface area contributed by atoms with Crippen LogP contribution in [0.2, 0.25) is 0 Å². The molecule has 1 aliphatic heterocycles. The fourth-order valence-corrected chi connectivity index (χ4v) is 4.95. The van der Waals surface area contributed by atoms with E-state index in [2.05, 4.69) is 0 Å². The zero-order chi connectivity index (χ0) is 26.1. The van der Waals surface area contributed by atoms with E-state index in [0.717, 1.165) is 22.3 Å². The molecule has 0 saturated heterocycles. The molecule has 0 bridgehead atoms. The van der Waals surface area contributed by atoms with Crippen molar-refractivity contribution in [3.8, 4) is 11.5 Å². The molecular formula is C30H29NO6. The predicted molar refractivity (Wildman–Crippen MR) is 140 cm³/mol. The fraction of sp³-hybridized carbons (Fsp3) is 0.267. The predicted octanol–water partition coefficient (Wildman–Crippen LogP) is 5.19. The Kier molecular flexibility index (Phi) is 6.72. The van der Waals surface area contributed by atoms with Gasteiger partial charge in [-0.15, -0.1) is 0 Å². The number of fused-ring (bicyclic) bond motifs is 2. The first-order chi connectivity index (χ1) is 17.9. The summed E-state index contributed by atoms with van der Waals surface area (Å²) in [7, 11) is 3.15. The molecule has 2 heterocycles. The second-order valence-corrected chi connectivity index (χ2v) is 9.21. The molecule has 7 nitrogen and oxygen atoms in total. The number of methoxy groups -OCH3 is 2. The van der Waals surface area contributed by atoms with Crippen molar-refractivity contribution in [1.29, 1.82) is 0 Å². The molecule has 1 atom stereocenters. The van der Waals surface area contributed by atoms with E-state index in [4.69, 9.17) is 18.6 Å². The minimum absolute atomic E-state index is 0.0777. The maximum Gasteiger partial charge on any atom is 0.290 e. The Balaban J connectivity index is 1.60. The molecular weight excluding hydrogens is 470 g/mol. The van der Waals surface area contributed by atoms with E-state index in [1.54, 1.807) is 19.1 Å². The van der Waals surface area contributed by atoms with E-state index >= 15 is 0 Å². The smallest absolute Gasteiger partial charge is 0.290 e. The second kappa shape index (κ2) is 10.1. The molecule has 7 heteroatoms. The first kappa shape index (κ1) is 24.6. The highest BCUT2D eigenvalue weighted by atomic mass is 16.5. The van der Waals surface area contributed by atoms with Crippen LogP contribution in [0.5, 0.6) is 11.5 Å². The summed E-state index contributed by atoms with van der Waals surface area (Å²) in [5, 5.41) is 0.470. The number of hydrogen-bond donors (Lipinski definition) is 0. The molecule has 37 heavy (non-hydrogen) atoms. The third kappa shape index (κ3) is 4.47. The van der Waals surface area contributed by atoms with Crippen LogP contribution in [-0.4, -0.2) is 38.2 Å². The molecule has 190 valence electrons. The van der Waals surface area contributed by atoms with E-state index in [9.17, 15) is 9.59 Å². The van der Waals surface area contributed by atoms with E-state index in [1.807, 2.05) is 74.5 Å². The lowest BCUT2D eigenvalue weighted by molar-refractivity contribution is 0.0663. The van der Waals surface area contributed by atoms with E-state index in [-0.39, 0.29) is 17.1 Å². The normalized spacial score (nSPS) is 14.8. The first-order valence-corrected chi connectivity index (χ1v) is 12.2. The molecule has 0 fully saturated rings. The summed E-state index contributed by atoms with van der Waals surface area (Å²) in [6.45, 7) is 4.81. The Morgan fingerprint density at radius 3 is 2.46 bits per heavy atom. The van der Waals surface area contributed by atoms with Crippen LogP contribution in [0.3, 0.4) is 0 Å². The Labute approximate surface area is 215 Å². The number of ether oxygens (including phenoxy) is 3. The zero-order valence-electron chi connectivity index (χ0n) is 21.4. The van der Waals surface area contributed by atoms with Gasteiger partial charge in [0.05, 0.1) is 30.7 Å². The molecule has 4 aromatic rings. The van der Waals surface area contributed by atoms with Gasteiger partial charge in [0.25, 0.3) is 5.91 Å². The lowest BCUT2D eigenvalue weighted by Gasteiger charge is -2.25. The van der Waals surface area contributed by atoms with Crippen LogP contribution in [0.15, 0.2) is 69.9 Å². The lowest BCUT2D eigenvalue weighted by Crippen LogP contribution is -2.32. The van der Waals surface area contributed by atoms with Gasteiger partial charge >= 0.3 is 0 Å². The summed E-state index contributed by atoms with van der Waals surface area (Å²) < 4.78 is 23.1. The SMILES string of the molecule is COCCN1C(=O)c2oc3c(C)cc(C)cc3c(=O)c2C1c1ccc(OCc2ccccc2)c(OC)c1. The van der Waals surface area contributed by atoms with E-state index in [0.29, 0.717) is 47.8 Å². The minimum atomic E-state index is -0.642. The van der Waals surface area contributed by atoms with Crippen LogP contribution in [-0.2, 0) is 11.3 Å². The van der Waals surface area contributed by atoms with Crippen LogP contribution in [0, 0.1) is 13.8 Å². The number of amides is 1. The number of nitrogens with zero attached hydrogens (tertiary/aromatic N) is 1. The number of benzene rings is 3. The molecule has 0 spiro atoms. The van der Waals surface area contributed by atoms with Gasteiger partial charge in [0.1, 0.15) is 12.2 Å². The quantitative estimate of drug-likeness (QED) is 0.332. The highest BCUT2D eigenvalue weighted by Crippen LogP contribution is 2.41. The molecule has 0 radical (unpaired) electrons. The van der Waals surface area contributed by atoms with Gasteiger partial charge in [-0.25, -0.2) is 0 Å².